The molecular formula is C14H33NSi. The van der Waals surface area contributed by atoms with Crippen LogP contribution in [0.2, 0.25) is 19.1 Å². The Balaban J connectivity index is 3.35. The minimum absolute atomic E-state index is 1.06. The van der Waals surface area contributed by atoms with E-state index in [2.05, 4.69) is 31.9 Å². The van der Waals surface area contributed by atoms with Gasteiger partial charge in [-0.1, -0.05) is 71.9 Å². The molecule has 0 aromatic carbocycles. The average molecular weight is 244 g/mol. The number of hydrogen-bond donors (Lipinski definition) is 1. The van der Waals surface area contributed by atoms with Crippen LogP contribution >= 0.6 is 0 Å². The zero-order chi connectivity index (χ0) is 12.3. The lowest BCUT2D eigenvalue weighted by atomic mass is 10.1. The monoisotopic (exact) mass is 243 g/mol. The van der Waals surface area contributed by atoms with E-state index in [1.54, 1.807) is 0 Å². The molecule has 0 saturated heterocycles. The largest absolute Gasteiger partial charge is 0.337 e. The third-order valence-electron chi connectivity index (χ3n) is 3.29. The van der Waals surface area contributed by atoms with E-state index in [1.165, 1.54) is 64.0 Å². The van der Waals surface area contributed by atoms with Crippen molar-refractivity contribution in [2.45, 2.75) is 84.4 Å². The zero-order valence-electron chi connectivity index (χ0n) is 12.1. The normalized spacial score (nSPS) is 12.0. The Morgan fingerprint density at radius 1 is 0.750 bits per heavy atom. The summed E-state index contributed by atoms with van der Waals surface area (Å²) in [6.07, 6.45) is 11.2. The number of rotatable bonds is 11. The predicted molar refractivity (Wildman–Crippen MR) is 78.6 cm³/mol. The molecule has 16 heavy (non-hydrogen) atoms. The molecule has 0 radical (unpaired) electrons. The van der Waals surface area contributed by atoms with Gasteiger partial charge in [0.1, 0.15) is 8.24 Å². The smallest absolute Gasteiger partial charge is 0.119 e. The summed E-state index contributed by atoms with van der Waals surface area (Å²) in [6.45, 7) is 10.8. The fourth-order valence-corrected chi connectivity index (χ4v) is 4.20. The van der Waals surface area contributed by atoms with Gasteiger partial charge in [0.25, 0.3) is 0 Å². The van der Waals surface area contributed by atoms with Gasteiger partial charge >= 0.3 is 0 Å². The SMILES string of the molecule is CCCCCCCC[Si](C)(C)NCCCC. The summed E-state index contributed by atoms with van der Waals surface area (Å²) in [5.41, 5.74) is 0. The Hall–Kier alpha value is 0.177. The van der Waals surface area contributed by atoms with E-state index in [0.717, 1.165) is 0 Å². The van der Waals surface area contributed by atoms with E-state index in [4.69, 9.17) is 0 Å². The van der Waals surface area contributed by atoms with Gasteiger partial charge in [-0.25, -0.2) is 0 Å². The van der Waals surface area contributed by atoms with E-state index in [9.17, 15) is 0 Å². The van der Waals surface area contributed by atoms with Crippen molar-refractivity contribution >= 4 is 8.24 Å². The standard InChI is InChI=1S/C14H33NSi/c1-5-7-9-10-11-12-14-16(3,4)15-13-8-6-2/h15H,5-14H2,1-4H3. The van der Waals surface area contributed by atoms with Gasteiger partial charge in [-0.2, -0.15) is 0 Å². The fraction of sp³-hybridized carbons (Fsp3) is 1.00. The highest BCUT2D eigenvalue weighted by Gasteiger charge is 2.18. The molecule has 0 rings (SSSR count). The van der Waals surface area contributed by atoms with Crippen LogP contribution in [0.5, 0.6) is 0 Å². The molecule has 0 aliphatic rings. The van der Waals surface area contributed by atoms with Gasteiger partial charge in [0.2, 0.25) is 0 Å². The van der Waals surface area contributed by atoms with Crippen LogP contribution in [0.25, 0.3) is 0 Å². The van der Waals surface area contributed by atoms with Crippen LogP contribution in [-0.2, 0) is 0 Å². The maximum Gasteiger partial charge on any atom is 0.119 e. The van der Waals surface area contributed by atoms with Crippen molar-refractivity contribution in [3.8, 4) is 0 Å². The number of hydrogen-bond acceptors (Lipinski definition) is 1. The van der Waals surface area contributed by atoms with Crippen molar-refractivity contribution in [2.75, 3.05) is 6.54 Å². The van der Waals surface area contributed by atoms with Crippen molar-refractivity contribution in [3.05, 3.63) is 0 Å². The Bertz CT molecular complexity index is 146. The summed E-state index contributed by atoms with van der Waals surface area (Å²) >= 11 is 0. The second kappa shape index (κ2) is 10.3. The van der Waals surface area contributed by atoms with Gasteiger partial charge in [-0.05, 0) is 19.0 Å². The van der Waals surface area contributed by atoms with E-state index in [-0.39, 0.29) is 0 Å². The highest BCUT2D eigenvalue weighted by atomic mass is 28.3. The van der Waals surface area contributed by atoms with E-state index in [1.807, 2.05) is 0 Å². The topological polar surface area (TPSA) is 12.0 Å². The molecule has 2 heteroatoms. The highest BCUT2D eigenvalue weighted by Crippen LogP contribution is 2.14. The van der Waals surface area contributed by atoms with Crippen LogP contribution in [0.3, 0.4) is 0 Å². The molecule has 98 valence electrons. The van der Waals surface area contributed by atoms with Gasteiger partial charge in [0, 0.05) is 0 Å². The van der Waals surface area contributed by atoms with Gasteiger partial charge in [0.15, 0.2) is 0 Å². The van der Waals surface area contributed by atoms with Crippen LogP contribution in [0, 0.1) is 0 Å². The summed E-state index contributed by atoms with van der Waals surface area (Å²) in [7, 11) is -1.06. The molecule has 1 nitrogen and oxygen atoms in total. The fourth-order valence-electron chi connectivity index (χ4n) is 2.04. The quantitative estimate of drug-likeness (QED) is 0.400. The van der Waals surface area contributed by atoms with Crippen LogP contribution in [0.15, 0.2) is 0 Å². The summed E-state index contributed by atoms with van der Waals surface area (Å²) in [6, 6.07) is 1.46. The van der Waals surface area contributed by atoms with Gasteiger partial charge in [-0.15, -0.1) is 0 Å². The lowest BCUT2D eigenvalue weighted by molar-refractivity contribution is 0.620. The van der Waals surface area contributed by atoms with Crippen LogP contribution in [0.1, 0.15) is 65.2 Å². The third kappa shape index (κ3) is 10.7. The maximum absolute atomic E-state index is 3.80. The molecular weight excluding hydrogens is 210 g/mol. The van der Waals surface area contributed by atoms with E-state index in [0.29, 0.717) is 0 Å². The summed E-state index contributed by atoms with van der Waals surface area (Å²) in [4.78, 5) is 3.80. The van der Waals surface area contributed by atoms with Gasteiger partial charge in [-0.3, -0.25) is 0 Å². The van der Waals surface area contributed by atoms with Crippen LogP contribution in [-0.4, -0.2) is 14.8 Å². The molecule has 0 unspecified atom stereocenters. The lowest BCUT2D eigenvalue weighted by Crippen LogP contribution is -2.44. The second-order valence-corrected chi connectivity index (χ2v) is 10.3. The first kappa shape index (κ1) is 16.2. The van der Waals surface area contributed by atoms with E-state index < -0.39 is 8.24 Å². The number of unbranched alkanes of at least 4 members (excludes halogenated alkanes) is 6. The Morgan fingerprint density at radius 3 is 1.94 bits per heavy atom. The Labute approximate surface area is 104 Å². The second-order valence-electron chi connectivity index (χ2n) is 5.68. The molecule has 0 aliphatic carbocycles. The molecule has 0 aromatic rings. The summed E-state index contributed by atoms with van der Waals surface area (Å²) < 4.78 is 0. The third-order valence-corrected chi connectivity index (χ3v) is 6.10. The minimum atomic E-state index is -1.06. The van der Waals surface area contributed by atoms with Crippen molar-refractivity contribution < 1.29 is 0 Å². The van der Waals surface area contributed by atoms with Crippen molar-refractivity contribution in [3.63, 3.8) is 0 Å². The number of nitrogens with one attached hydrogen (secondary N) is 1. The average Bonchev–Trinajstić information content (AvgIpc) is 2.23. The molecule has 0 amide bonds. The lowest BCUT2D eigenvalue weighted by Gasteiger charge is -2.23. The van der Waals surface area contributed by atoms with Crippen LogP contribution < -0.4 is 4.98 Å². The van der Waals surface area contributed by atoms with E-state index >= 15 is 0 Å². The molecule has 0 saturated carbocycles. The maximum atomic E-state index is 3.80. The highest BCUT2D eigenvalue weighted by molar-refractivity contribution is 6.74. The molecule has 0 aromatic heterocycles. The zero-order valence-corrected chi connectivity index (χ0v) is 13.1. The molecule has 0 bridgehead atoms. The molecule has 0 spiro atoms. The van der Waals surface area contributed by atoms with Crippen molar-refractivity contribution in [1.29, 1.82) is 0 Å². The van der Waals surface area contributed by atoms with Gasteiger partial charge in [0.05, 0.1) is 0 Å². The Kier molecular flexibility index (Phi) is 10.5. The Morgan fingerprint density at radius 2 is 1.31 bits per heavy atom. The van der Waals surface area contributed by atoms with Crippen molar-refractivity contribution in [2.24, 2.45) is 0 Å². The van der Waals surface area contributed by atoms with Crippen LogP contribution in [0.4, 0.5) is 0 Å². The first-order valence-corrected chi connectivity index (χ1v) is 10.6. The van der Waals surface area contributed by atoms with Crippen molar-refractivity contribution in [1.82, 2.24) is 4.98 Å². The first-order chi connectivity index (χ1) is 7.62. The predicted octanol–water partition coefficient (Wildman–Crippen LogP) is 4.94. The molecule has 0 heterocycles. The summed E-state index contributed by atoms with van der Waals surface area (Å²) in [5, 5.41) is 0. The molecule has 0 fully saturated rings. The molecule has 0 aliphatic heterocycles. The first-order valence-electron chi connectivity index (χ1n) is 7.37. The molecule has 1 N–H and O–H groups in total. The molecule has 0 atom stereocenters. The van der Waals surface area contributed by atoms with Gasteiger partial charge < -0.3 is 4.98 Å². The minimum Gasteiger partial charge on any atom is -0.337 e. The summed E-state index contributed by atoms with van der Waals surface area (Å²) in [5.74, 6) is 0.